The number of quaternary nitrogens is 1. The molecule has 114 valence electrons. The lowest BCUT2D eigenvalue weighted by Gasteiger charge is -2.34. The molecule has 0 spiro atoms. The Morgan fingerprint density at radius 1 is 0.850 bits per heavy atom. The third kappa shape index (κ3) is 4.36. The summed E-state index contributed by atoms with van der Waals surface area (Å²) in [5.41, 5.74) is 0. The van der Waals surface area contributed by atoms with Crippen LogP contribution < -0.4 is 4.84 Å². The zero-order chi connectivity index (χ0) is 15.2. The van der Waals surface area contributed by atoms with E-state index in [1.807, 2.05) is 0 Å². The summed E-state index contributed by atoms with van der Waals surface area (Å²) in [5, 5.41) is 28.1. The van der Waals surface area contributed by atoms with Crippen LogP contribution in [0.1, 0.15) is 0 Å². The normalized spacial score (nSPS) is 11.7. The fourth-order valence-electron chi connectivity index (χ4n) is 1.81. The molecule has 0 atom stereocenters. The van der Waals surface area contributed by atoms with Gasteiger partial charge in [-0.05, 0) is 12.1 Å². The SMILES string of the molecule is OCC[N+](CCO)(CCO)Oc1ccc(Cl)c(Cl)c1Cl. The second-order valence-corrected chi connectivity index (χ2v) is 5.33. The number of hydrogen-bond acceptors (Lipinski definition) is 4. The number of hydroxylamine groups is 3. The van der Waals surface area contributed by atoms with Crippen LogP contribution in [-0.4, -0.2) is 59.4 Å². The van der Waals surface area contributed by atoms with E-state index in [1.54, 1.807) is 6.07 Å². The maximum atomic E-state index is 9.16. The molecule has 0 aliphatic rings. The standard InChI is InChI=1S/C12H17Cl3NO4/c13-9-1-2-10(12(15)11(9)14)20-16(3-6-17,4-7-18)5-8-19/h1-2,17-19H,3-8H2/q+1. The minimum absolute atomic E-state index is 0.149. The van der Waals surface area contributed by atoms with Gasteiger partial charge in [0.05, 0.1) is 29.9 Å². The fourth-order valence-corrected chi connectivity index (χ4v) is 2.37. The highest BCUT2D eigenvalue weighted by Gasteiger charge is 2.31. The molecular weight excluding hydrogens is 328 g/mol. The zero-order valence-corrected chi connectivity index (χ0v) is 13.0. The molecule has 20 heavy (non-hydrogen) atoms. The molecule has 0 radical (unpaired) electrons. The van der Waals surface area contributed by atoms with Gasteiger partial charge in [0, 0.05) is 0 Å². The van der Waals surface area contributed by atoms with Gasteiger partial charge in [0.15, 0.2) is 0 Å². The Hall–Kier alpha value is -0.270. The average molecular weight is 346 g/mol. The van der Waals surface area contributed by atoms with E-state index in [9.17, 15) is 0 Å². The summed E-state index contributed by atoms with van der Waals surface area (Å²) in [7, 11) is 0. The van der Waals surface area contributed by atoms with Gasteiger partial charge < -0.3 is 20.2 Å². The zero-order valence-electron chi connectivity index (χ0n) is 10.7. The van der Waals surface area contributed by atoms with E-state index < -0.39 is 0 Å². The van der Waals surface area contributed by atoms with Gasteiger partial charge in [0.1, 0.15) is 24.7 Å². The van der Waals surface area contributed by atoms with E-state index in [2.05, 4.69) is 0 Å². The van der Waals surface area contributed by atoms with Gasteiger partial charge in [-0.15, -0.1) is 4.65 Å². The maximum absolute atomic E-state index is 9.16. The Kier molecular flexibility index (Phi) is 7.33. The first-order chi connectivity index (χ1) is 9.49. The smallest absolute Gasteiger partial charge is 0.210 e. The maximum Gasteiger partial charge on any atom is 0.210 e. The summed E-state index contributed by atoms with van der Waals surface area (Å²) in [6.07, 6.45) is 0. The van der Waals surface area contributed by atoms with E-state index in [0.29, 0.717) is 5.02 Å². The van der Waals surface area contributed by atoms with Crippen molar-refractivity contribution in [2.45, 2.75) is 0 Å². The number of nitrogens with zero attached hydrogens (tertiary/aromatic N) is 1. The molecule has 3 N–H and O–H groups in total. The number of aliphatic hydroxyl groups excluding tert-OH is 3. The van der Waals surface area contributed by atoms with E-state index >= 15 is 0 Å². The second-order valence-electron chi connectivity index (χ2n) is 4.16. The predicted octanol–water partition coefficient (Wildman–Crippen LogP) is 1.73. The first-order valence-corrected chi connectivity index (χ1v) is 7.15. The van der Waals surface area contributed by atoms with Crippen LogP contribution in [0.15, 0.2) is 12.1 Å². The summed E-state index contributed by atoms with van der Waals surface area (Å²) in [6, 6.07) is 3.09. The molecular formula is C12H17Cl3NO4+. The van der Waals surface area contributed by atoms with Crippen molar-refractivity contribution in [3.8, 4) is 5.75 Å². The van der Waals surface area contributed by atoms with Crippen molar-refractivity contribution in [1.29, 1.82) is 0 Å². The van der Waals surface area contributed by atoms with Crippen LogP contribution in [0, 0.1) is 0 Å². The topological polar surface area (TPSA) is 69.9 Å². The van der Waals surface area contributed by atoms with Crippen molar-refractivity contribution >= 4 is 34.8 Å². The van der Waals surface area contributed by atoms with Gasteiger partial charge in [-0.25, -0.2) is 0 Å². The van der Waals surface area contributed by atoms with Crippen molar-refractivity contribution < 1.29 is 24.8 Å². The van der Waals surface area contributed by atoms with Crippen LogP contribution in [0.3, 0.4) is 0 Å². The summed E-state index contributed by atoms with van der Waals surface area (Å²) in [6.45, 7) is 0.0733. The molecule has 8 heteroatoms. The first-order valence-electron chi connectivity index (χ1n) is 6.01. The predicted molar refractivity (Wildman–Crippen MR) is 78.2 cm³/mol. The lowest BCUT2D eigenvalue weighted by Crippen LogP contribution is -2.55. The molecule has 0 bridgehead atoms. The molecule has 1 rings (SSSR count). The minimum Gasteiger partial charge on any atom is -0.390 e. The van der Waals surface area contributed by atoms with Crippen molar-refractivity contribution in [3.05, 3.63) is 27.2 Å². The minimum atomic E-state index is -0.168. The van der Waals surface area contributed by atoms with E-state index in [1.165, 1.54) is 6.07 Å². The van der Waals surface area contributed by atoms with Crippen molar-refractivity contribution in [1.82, 2.24) is 0 Å². The molecule has 0 aromatic heterocycles. The van der Waals surface area contributed by atoms with Gasteiger partial charge in [0.25, 0.3) is 0 Å². The highest BCUT2D eigenvalue weighted by atomic mass is 35.5. The molecule has 0 aliphatic heterocycles. The van der Waals surface area contributed by atoms with Gasteiger partial charge in [-0.2, -0.15) is 0 Å². The summed E-state index contributed by atoms with van der Waals surface area (Å²) in [5.74, 6) is 0.274. The molecule has 0 fully saturated rings. The van der Waals surface area contributed by atoms with Crippen LogP contribution in [0.2, 0.25) is 15.1 Å². The molecule has 1 aromatic rings. The Labute approximate surface area is 132 Å². The van der Waals surface area contributed by atoms with Crippen LogP contribution in [0.25, 0.3) is 0 Å². The number of benzene rings is 1. The Morgan fingerprint density at radius 3 is 1.80 bits per heavy atom. The average Bonchev–Trinajstić information content (AvgIpc) is 2.41. The van der Waals surface area contributed by atoms with Crippen molar-refractivity contribution in [2.24, 2.45) is 0 Å². The van der Waals surface area contributed by atoms with Crippen LogP contribution in [0.4, 0.5) is 0 Å². The van der Waals surface area contributed by atoms with Crippen LogP contribution in [0.5, 0.6) is 5.75 Å². The van der Waals surface area contributed by atoms with Gasteiger partial charge in [0.2, 0.25) is 5.75 Å². The Bertz CT molecular complexity index is 428. The number of rotatable bonds is 8. The number of aliphatic hydroxyl groups is 3. The molecule has 0 aliphatic carbocycles. The number of halogens is 3. The largest absolute Gasteiger partial charge is 0.390 e. The van der Waals surface area contributed by atoms with Gasteiger partial charge >= 0.3 is 0 Å². The molecule has 5 nitrogen and oxygen atoms in total. The van der Waals surface area contributed by atoms with Crippen LogP contribution in [-0.2, 0) is 0 Å². The Balaban J connectivity index is 3.08. The van der Waals surface area contributed by atoms with E-state index in [-0.39, 0.29) is 59.9 Å². The highest BCUT2D eigenvalue weighted by Crippen LogP contribution is 2.38. The van der Waals surface area contributed by atoms with Crippen molar-refractivity contribution in [3.63, 3.8) is 0 Å². The number of hydrogen-bond donors (Lipinski definition) is 3. The van der Waals surface area contributed by atoms with Gasteiger partial charge in [-0.3, -0.25) is 0 Å². The molecule has 0 heterocycles. The van der Waals surface area contributed by atoms with Crippen LogP contribution >= 0.6 is 34.8 Å². The Morgan fingerprint density at radius 2 is 1.35 bits per heavy atom. The second kappa shape index (κ2) is 8.24. The molecule has 0 amide bonds. The molecule has 0 saturated heterocycles. The summed E-state index contributed by atoms with van der Waals surface area (Å²) in [4.78, 5) is 5.77. The summed E-state index contributed by atoms with van der Waals surface area (Å²) < 4.78 is -0.165. The van der Waals surface area contributed by atoms with Crippen molar-refractivity contribution in [2.75, 3.05) is 39.5 Å². The van der Waals surface area contributed by atoms with E-state index in [4.69, 9.17) is 55.0 Å². The molecule has 0 saturated carbocycles. The lowest BCUT2D eigenvalue weighted by atomic mass is 10.3. The highest BCUT2D eigenvalue weighted by molar-refractivity contribution is 6.48. The first kappa shape index (κ1) is 17.8. The quantitative estimate of drug-likeness (QED) is 0.381. The van der Waals surface area contributed by atoms with E-state index in [0.717, 1.165) is 0 Å². The summed E-state index contributed by atoms with van der Waals surface area (Å²) >= 11 is 17.9. The molecule has 1 aromatic carbocycles. The monoisotopic (exact) mass is 344 g/mol. The lowest BCUT2D eigenvalue weighted by molar-refractivity contribution is -1.08. The third-order valence-electron chi connectivity index (χ3n) is 2.81. The van der Waals surface area contributed by atoms with Gasteiger partial charge in [-0.1, -0.05) is 34.8 Å². The third-order valence-corrected chi connectivity index (χ3v) is 4.09. The fraction of sp³-hybridized carbons (Fsp3) is 0.500. The molecule has 0 unspecified atom stereocenters.